The maximum atomic E-state index is 5.66. The minimum Gasteiger partial charge on any atom is -0.431 e. The van der Waals surface area contributed by atoms with Crippen molar-refractivity contribution in [1.82, 2.24) is 15.1 Å². The van der Waals surface area contributed by atoms with Crippen LogP contribution in [0.4, 0.5) is 0 Å². The van der Waals surface area contributed by atoms with Gasteiger partial charge in [-0.15, -0.1) is 0 Å². The van der Waals surface area contributed by atoms with E-state index in [0.717, 1.165) is 16.7 Å². The van der Waals surface area contributed by atoms with Gasteiger partial charge in [-0.1, -0.05) is 58.9 Å². The molecular formula is C17H13N3O2S. The fourth-order valence-electron chi connectivity index (χ4n) is 2.17. The van der Waals surface area contributed by atoms with Gasteiger partial charge < -0.3 is 8.94 Å². The number of para-hydroxylation sites is 2. The van der Waals surface area contributed by atoms with Gasteiger partial charge in [0.2, 0.25) is 11.7 Å². The van der Waals surface area contributed by atoms with Crippen LogP contribution in [0.3, 0.4) is 0 Å². The molecule has 0 aliphatic carbocycles. The van der Waals surface area contributed by atoms with E-state index in [-0.39, 0.29) is 0 Å². The summed E-state index contributed by atoms with van der Waals surface area (Å²) in [5, 5.41) is 4.62. The van der Waals surface area contributed by atoms with E-state index in [2.05, 4.69) is 15.1 Å². The van der Waals surface area contributed by atoms with Crippen LogP contribution in [0.1, 0.15) is 11.5 Å². The van der Waals surface area contributed by atoms with Gasteiger partial charge in [0.15, 0.2) is 5.58 Å². The highest BCUT2D eigenvalue weighted by molar-refractivity contribution is 7.98. The number of hydrogen-bond donors (Lipinski definition) is 0. The topological polar surface area (TPSA) is 65.0 Å². The Hall–Kier alpha value is -2.60. The van der Waals surface area contributed by atoms with Gasteiger partial charge in [0, 0.05) is 5.56 Å². The summed E-state index contributed by atoms with van der Waals surface area (Å²) in [6.45, 7) is 2.04. The number of hydrogen-bond acceptors (Lipinski definition) is 6. The van der Waals surface area contributed by atoms with Crippen LogP contribution in [0.5, 0.6) is 0 Å². The molecule has 4 aromatic rings. The van der Waals surface area contributed by atoms with Gasteiger partial charge in [0.25, 0.3) is 5.22 Å². The van der Waals surface area contributed by atoms with Gasteiger partial charge in [0.1, 0.15) is 5.52 Å². The second kappa shape index (κ2) is 5.89. The Morgan fingerprint density at radius 2 is 1.83 bits per heavy atom. The summed E-state index contributed by atoms with van der Waals surface area (Å²) in [6.07, 6.45) is 0. The highest BCUT2D eigenvalue weighted by Gasteiger charge is 2.11. The SMILES string of the molecule is Cc1ccc(-c2noc(CSc3nc4ccccc4o3)n2)cc1. The van der Waals surface area contributed by atoms with Crippen molar-refractivity contribution in [2.24, 2.45) is 0 Å². The summed E-state index contributed by atoms with van der Waals surface area (Å²) in [5.41, 5.74) is 3.77. The van der Waals surface area contributed by atoms with Crippen LogP contribution >= 0.6 is 11.8 Å². The Kier molecular flexibility index (Phi) is 3.59. The number of aromatic nitrogens is 3. The number of aryl methyl sites for hydroxylation is 1. The molecule has 0 saturated carbocycles. The highest BCUT2D eigenvalue weighted by Crippen LogP contribution is 2.26. The van der Waals surface area contributed by atoms with Crippen LogP contribution in [-0.2, 0) is 5.75 Å². The number of fused-ring (bicyclic) bond motifs is 1. The molecule has 0 amide bonds. The van der Waals surface area contributed by atoms with Crippen molar-refractivity contribution in [3.63, 3.8) is 0 Å². The van der Waals surface area contributed by atoms with E-state index in [1.807, 2.05) is 55.5 Å². The third-order valence-electron chi connectivity index (χ3n) is 3.37. The summed E-state index contributed by atoms with van der Waals surface area (Å²) in [5.74, 6) is 1.66. The van der Waals surface area contributed by atoms with Gasteiger partial charge in [0.05, 0.1) is 5.75 Å². The molecule has 0 spiro atoms. The van der Waals surface area contributed by atoms with Crippen molar-refractivity contribution < 1.29 is 8.94 Å². The van der Waals surface area contributed by atoms with E-state index in [4.69, 9.17) is 8.94 Å². The van der Waals surface area contributed by atoms with Gasteiger partial charge in [-0.25, -0.2) is 4.98 Å². The third kappa shape index (κ3) is 2.98. The van der Waals surface area contributed by atoms with Crippen molar-refractivity contribution in [3.05, 3.63) is 60.0 Å². The van der Waals surface area contributed by atoms with Crippen molar-refractivity contribution in [2.45, 2.75) is 17.9 Å². The van der Waals surface area contributed by atoms with Crippen LogP contribution in [-0.4, -0.2) is 15.1 Å². The fraction of sp³-hybridized carbons (Fsp3) is 0.118. The third-order valence-corrected chi connectivity index (χ3v) is 4.18. The standard InChI is InChI=1S/C17H13N3O2S/c1-11-6-8-12(9-7-11)16-19-15(22-20-16)10-23-17-18-13-4-2-3-5-14(13)21-17/h2-9H,10H2,1H3. The van der Waals surface area contributed by atoms with Gasteiger partial charge in [-0.05, 0) is 19.1 Å². The van der Waals surface area contributed by atoms with Gasteiger partial charge in [-0.2, -0.15) is 4.98 Å². The lowest BCUT2D eigenvalue weighted by Gasteiger charge is -1.94. The molecule has 0 saturated heterocycles. The molecule has 0 unspecified atom stereocenters. The number of benzene rings is 2. The molecule has 0 aliphatic rings. The molecule has 0 aliphatic heterocycles. The quantitative estimate of drug-likeness (QED) is 0.516. The zero-order valence-electron chi connectivity index (χ0n) is 12.4. The average molecular weight is 323 g/mol. The van der Waals surface area contributed by atoms with E-state index in [0.29, 0.717) is 22.7 Å². The molecule has 114 valence electrons. The second-order valence-electron chi connectivity index (χ2n) is 5.11. The number of oxazole rings is 1. The van der Waals surface area contributed by atoms with Crippen LogP contribution in [0.25, 0.3) is 22.5 Å². The van der Waals surface area contributed by atoms with Crippen molar-refractivity contribution in [1.29, 1.82) is 0 Å². The average Bonchev–Trinajstić information content (AvgIpc) is 3.20. The zero-order chi connectivity index (χ0) is 15.6. The van der Waals surface area contributed by atoms with E-state index < -0.39 is 0 Å². The molecule has 5 nitrogen and oxygen atoms in total. The second-order valence-corrected chi connectivity index (χ2v) is 6.04. The van der Waals surface area contributed by atoms with Gasteiger partial charge >= 0.3 is 0 Å². The summed E-state index contributed by atoms with van der Waals surface area (Å²) < 4.78 is 11.0. The smallest absolute Gasteiger partial charge is 0.257 e. The minimum atomic E-state index is 0.520. The Balaban J connectivity index is 1.48. The summed E-state index contributed by atoms with van der Waals surface area (Å²) >= 11 is 1.44. The van der Waals surface area contributed by atoms with Crippen molar-refractivity contribution in [2.75, 3.05) is 0 Å². The molecule has 6 heteroatoms. The van der Waals surface area contributed by atoms with Crippen LogP contribution < -0.4 is 0 Å². The first kappa shape index (κ1) is 14.0. The zero-order valence-corrected chi connectivity index (χ0v) is 13.2. The Morgan fingerprint density at radius 1 is 1.00 bits per heavy atom. The normalized spacial score (nSPS) is 11.2. The van der Waals surface area contributed by atoms with Gasteiger partial charge in [-0.3, -0.25) is 0 Å². The maximum absolute atomic E-state index is 5.66. The molecule has 2 heterocycles. The maximum Gasteiger partial charge on any atom is 0.257 e. The number of rotatable bonds is 4. The van der Waals surface area contributed by atoms with Crippen molar-refractivity contribution >= 4 is 22.9 Å². The first-order valence-corrected chi connectivity index (χ1v) is 8.14. The molecule has 0 N–H and O–H groups in total. The largest absolute Gasteiger partial charge is 0.431 e. The van der Waals surface area contributed by atoms with E-state index in [1.54, 1.807) is 0 Å². The molecule has 0 atom stereocenters. The van der Waals surface area contributed by atoms with Crippen LogP contribution in [0.2, 0.25) is 0 Å². The molecule has 2 aromatic carbocycles. The molecule has 0 radical (unpaired) electrons. The van der Waals surface area contributed by atoms with Crippen LogP contribution in [0.15, 0.2) is 62.7 Å². The molecule has 0 bridgehead atoms. The number of thioether (sulfide) groups is 1. The van der Waals surface area contributed by atoms with E-state index >= 15 is 0 Å². The monoisotopic (exact) mass is 323 g/mol. The summed E-state index contributed by atoms with van der Waals surface area (Å²) in [7, 11) is 0. The lowest BCUT2D eigenvalue weighted by Crippen LogP contribution is -1.83. The first-order valence-electron chi connectivity index (χ1n) is 7.16. The molecular weight excluding hydrogens is 310 g/mol. The lowest BCUT2D eigenvalue weighted by atomic mass is 10.1. The molecule has 23 heavy (non-hydrogen) atoms. The van der Waals surface area contributed by atoms with Crippen LogP contribution in [0, 0.1) is 6.92 Å². The Morgan fingerprint density at radius 3 is 2.65 bits per heavy atom. The first-order chi connectivity index (χ1) is 11.3. The van der Waals surface area contributed by atoms with E-state index in [9.17, 15) is 0 Å². The predicted molar refractivity (Wildman–Crippen MR) is 88.0 cm³/mol. The number of nitrogens with zero attached hydrogens (tertiary/aromatic N) is 3. The predicted octanol–water partition coefficient (Wildman–Crippen LogP) is 4.48. The molecule has 2 aromatic heterocycles. The summed E-state index contributed by atoms with van der Waals surface area (Å²) in [4.78, 5) is 8.82. The highest BCUT2D eigenvalue weighted by atomic mass is 32.2. The summed E-state index contributed by atoms with van der Waals surface area (Å²) in [6, 6.07) is 15.7. The Bertz CT molecular complexity index is 911. The fourth-order valence-corrected chi connectivity index (χ4v) is 2.85. The minimum absolute atomic E-state index is 0.520. The van der Waals surface area contributed by atoms with Crippen molar-refractivity contribution in [3.8, 4) is 11.4 Å². The lowest BCUT2D eigenvalue weighted by molar-refractivity contribution is 0.391. The molecule has 4 rings (SSSR count). The molecule has 0 fully saturated rings. The Labute approximate surface area is 136 Å². The van der Waals surface area contributed by atoms with E-state index in [1.165, 1.54) is 17.3 Å².